The Bertz CT molecular complexity index is 4750. The summed E-state index contributed by atoms with van der Waals surface area (Å²) in [7, 11) is -17.8. The highest BCUT2D eigenvalue weighted by Crippen LogP contribution is 2.49. The molecule has 0 aromatic heterocycles. The van der Waals surface area contributed by atoms with Crippen LogP contribution in [0.15, 0.2) is 201 Å². The first-order chi connectivity index (χ1) is 50.4. The van der Waals surface area contributed by atoms with Crippen molar-refractivity contribution in [2.45, 2.75) is 124 Å². The van der Waals surface area contributed by atoms with Crippen LogP contribution in [-0.2, 0) is 75.0 Å². The molecule has 9 rings (SSSR count). The number of benzene rings is 6. The number of carbonyl (C=O) groups is 3. The van der Waals surface area contributed by atoms with Crippen molar-refractivity contribution in [2.24, 2.45) is 0 Å². The number of hydrogen-bond acceptors (Lipinski definition) is 17. The summed E-state index contributed by atoms with van der Waals surface area (Å²) in [5.74, 6) is -0.632. The zero-order valence-corrected chi connectivity index (χ0v) is 64.1. The molecule has 6 aromatic carbocycles. The molecule has 0 saturated carbocycles. The highest BCUT2D eigenvalue weighted by atomic mass is 32.2. The molecule has 2 aliphatic heterocycles. The van der Waals surface area contributed by atoms with Crippen LogP contribution in [0.25, 0.3) is 0 Å². The molecule has 0 atom stereocenters. The van der Waals surface area contributed by atoms with E-state index in [-0.39, 0.29) is 45.2 Å². The number of nitrogens with one attached hydrogen (secondary N) is 2. The molecule has 0 bridgehead atoms. The van der Waals surface area contributed by atoms with Gasteiger partial charge in [-0.2, -0.15) is 38.2 Å². The van der Waals surface area contributed by atoms with Crippen molar-refractivity contribution in [3.05, 3.63) is 209 Å². The molecule has 568 valence electrons. The lowest BCUT2D eigenvalue weighted by Crippen LogP contribution is -2.29. The van der Waals surface area contributed by atoms with Gasteiger partial charge in [-0.25, -0.2) is 4.79 Å². The van der Waals surface area contributed by atoms with Crippen molar-refractivity contribution in [3.8, 4) is 5.75 Å². The van der Waals surface area contributed by atoms with Crippen LogP contribution < -0.4 is 36.2 Å². The normalized spacial score (nSPS) is 15.9. The molecule has 106 heavy (non-hydrogen) atoms. The molecule has 0 saturated heterocycles. The quantitative estimate of drug-likeness (QED) is 0.00689. The van der Waals surface area contributed by atoms with Crippen LogP contribution in [0.5, 0.6) is 5.75 Å². The summed E-state index contributed by atoms with van der Waals surface area (Å²) >= 11 is 0. The minimum Gasteiger partial charge on any atom is -0.465 e. The molecule has 6 aromatic rings. The zero-order valence-electron chi connectivity index (χ0n) is 59.9. The number of hydrogen-bond donors (Lipinski definition) is 6. The molecule has 0 radical (unpaired) electrons. The number of anilines is 1. The van der Waals surface area contributed by atoms with Crippen LogP contribution in [0.2, 0.25) is 0 Å². The van der Waals surface area contributed by atoms with Gasteiger partial charge in [0.2, 0.25) is 11.6 Å². The lowest BCUT2D eigenvalue weighted by atomic mass is 9.81. The SMILES string of the molecule is COC(=O)c1ccc(C(=O)NCCCOCCOCCOCCCNC(=O)CCCCC[N+]2=C(/C=C/C3=C(Oc4ccc(S(=O)(=O)O)cc4)C(=C/C=C4/N(CCCCS(=O)(=O)O)c5ccc(S(=O)(=O)O)cc5C4(C)C)/CCC3)C(C)(C)c3cc(S(=O)(=O)O)ccc32)cc1P(c1ccccc1)c1ccccc1. The maximum atomic E-state index is 13.4. The highest BCUT2D eigenvalue weighted by molar-refractivity contribution is 7.86. The van der Waals surface area contributed by atoms with Crippen LogP contribution in [0.3, 0.4) is 0 Å². The Morgan fingerprint density at radius 3 is 1.77 bits per heavy atom. The maximum absolute atomic E-state index is 13.4. The molecule has 3 aliphatic rings. The summed E-state index contributed by atoms with van der Waals surface area (Å²) in [6.45, 7) is 11.5. The van der Waals surface area contributed by atoms with E-state index in [2.05, 4.69) is 15.2 Å². The molecule has 2 heterocycles. The van der Waals surface area contributed by atoms with Crippen LogP contribution >= 0.6 is 7.92 Å². The summed E-state index contributed by atoms with van der Waals surface area (Å²) in [5.41, 5.74) is 4.67. The predicted molar refractivity (Wildman–Crippen MR) is 406 cm³/mol. The van der Waals surface area contributed by atoms with E-state index < -0.39 is 70.9 Å². The number of methoxy groups -OCH3 is 1. The van der Waals surface area contributed by atoms with Crippen molar-refractivity contribution in [2.75, 3.05) is 83.6 Å². The number of rotatable bonds is 38. The molecule has 29 heteroatoms. The molecule has 0 spiro atoms. The second-order valence-electron chi connectivity index (χ2n) is 26.8. The van der Waals surface area contributed by atoms with Gasteiger partial charge in [-0.05, 0) is 192 Å². The van der Waals surface area contributed by atoms with Gasteiger partial charge in [-0.3, -0.25) is 27.8 Å². The van der Waals surface area contributed by atoms with E-state index in [1.54, 1.807) is 30.3 Å². The van der Waals surface area contributed by atoms with Gasteiger partial charge in [-0.1, -0.05) is 80.6 Å². The standard InChI is InChI=1S/C77H91N4O20PS4/c1-76(2)65-53-62(105(91,92)93)34-37-67(65)80(43-14-8-13-26-72(82)78-41-18-45-98-47-49-100-50-48-99-46-19-42-79-74(83)57-27-36-64(75(84)97-5)69(52-57)102(59-22-9-6-10-23-59)60-24-11-7-12-25-60)70(76)39-28-55-20-17-21-56(73(55)101-58-30-32-61(33-31-58)104(88,89)90)29-40-71-77(3,4)66-54-63(106(94,95)96)35-38-68(66)81(71)44-15-16-51-103(85,86)87/h6-7,9-12,22-25,27-40,52-54H,8,13-21,26,41-51H2,1-5H3,(H5-,78,79,82,83,85,86,87,88,89,90,91,92,93,94,95,96)/p+1. The molecule has 1 aliphatic carbocycles. The predicted octanol–water partition coefficient (Wildman–Crippen LogP) is 10.6. The first-order valence-electron chi connectivity index (χ1n) is 35.0. The Kier molecular flexibility index (Phi) is 28.4. The second kappa shape index (κ2) is 36.7. The van der Waals surface area contributed by atoms with Gasteiger partial charge in [-0.15, -0.1) is 0 Å². The molecule has 6 N–H and O–H groups in total. The van der Waals surface area contributed by atoms with Crippen molar-refractivity contribution < 1.29 is 94.5 Å². The Morgan fingerprint density at radius 2 is 1.17 bits per heavy atom. The minimum atomic E-state index is -4.60. The average molecular weight is 1550 g/mol. The molecular formula is C77H92N4O20PS4+. The molecule has 24 nitrogen and oxygen atoms in total. The van der Waals surface area contributed by atoms with Crippen LogP contribution in [0.1, 0.15) is 130 Å². The number of esters is 1. The lowest BCUT2D eigenvalue weighted by Gasteiger charge is -2.27. The minimum absolute atomic E-state index is 0.0980. The largest absolute Gasteiger partial charge is 0.465 e. The van der Waals surface area contributed by atoms with Crippen LogP contribution in [0, 0.1) is 0 Å². The molecule has 2 amide bonds. The van der Waals surface area contributed by atoms with Crippen LogP contribution in [0.4, 0.5) is 11.4 Å². The summed E-state index contributed by atoms with van der Waals surface area (Å²) in [6, 6.07) is 38.9. The number of amides is 2. The van der Waals surface area contributed by atoms with Gasteiger partial charge in [0.05, 0.1) is 65.0 Å². The molecule has 0 fully saturated rings. The Hall–Kier alpha value is -8.09. The van der Waals surface area contributed by atoms with Gasteiger partial charge in [0.1, 0.15) is 18.1 Å². The topological polar surface area (TPSA) is 345 Å². The summed E-state index contributed by atoms with van der Waals surface area (Å²) in [4.78, 5) is 40.4. The van der Waals surface area contributed by atoms with Crippen LogP contribution in [-0.4, -0.2) is 159 Å². The van der Waals surface area contributed by atoms with Gasteiger partial charge < -0.3 is 39.2 Å². The highest BCUT2D eigenvalue weighted by Gasteiger charge is 2.45. The van der Waals surface area contributed by atoms with Crippen molar-refractivity contribution >= 4 is 99.2 Å². The summed E-state index contributed by atoms with van der Waals surface area (Å²) in [5, 5.41) is 8.71. The number of fused-ring (bicyclic) bond motifs is 2. The smallest absolute Gasteiger partial charge is 0.338 e. The van der Waals surface area contributed by atoms with E-state index in [1.807, 2.05) is 118 Å². The fraction of sp³-hybridized carbons (Fsp3) is 0.377. The number of nitrogens with zero attached hydrogens (tertiary/aromatic N) is 2. The fourth-order valence-electron chi connectivity index (χ4n) is 13.1. The Balaban J connectivity index is 0.766. The number of unbranched alkanes of at least 4 members (excludes halogenated alkanes) is 3. The third kappa shape index (κ3) is 21.8. The second-order valence-corrected chi connectivity index (χ2v) is 34.8. The van der Waals surface area contributed by atoms with E-state index in [9.17, 15) is 66.3 Å². The first-order valence-corrected chi connectivity index (χ1v) is 42.2. The van der Waals surface area contributed by atoms with Gasteiger partial charge in [0.25, 0.3) is 46.4 Å². The number of carbonyl (C=O) groups excluding carboxylic acids is 3. The molecule has 0 unspecified atom stereocenters. The summed E-state index contributed by atoms with van der Waals surface area (Å²) < 4.78 is 168. The Labute approximate surface area is 622 Å². The van der Waals surface area contributed by atoms with Crippen molar-refractivity contribution in [1.29, 1.82) is 0 Å². The lowest BCUT2D eigenvalue weighted by molar-refractivity contribution is -0.438. The van der Waals surface area contributed by atoms with E-state index in [0.717, 1.165) is 32.9 Å². The zero-order chi connectivity index (χ0) is 76.5. The van der Waals surface area contributed by atoms with Gasteiger partial charge >= 0.3 is 5.97 Å². The third-order valence-corrected chi connectivity index (χ3v) is 24.4. The average Bonchev–Trinajstić information content (AvgIpc) is 1.59. The fourth-order valence-corrected chi connectivity index (χ4v) is 17.7. The van der Waals surface area contributed by atoms with E-state index >= 15 is 0 Å². The third-order valence-electron chi connectivity index (χ3n) is 18.6. The first kappa shape index (κ1) is 82.0. The van der Waals surface area contributed by atoms with E-state index in [0.29, 0.717) is 168 Å². The summed E-state index contributed by atoms with van der Waals surface area (Å²) in [6.07, 6.45) is 13.1. The van der Waals surface area contributed by atoms with Crippen molar-refractivity contribution in [1.82, 2.24) is 10.6 Å². The Morgan fingerprint density at radius 1 is 0.585 bits per heavy atom. The van der Waals surface area contributed by atoms with E-state index in [4.69, 9.17) is 23.7 Å². The number of allylic oxidation sites excluding steroid dienone is 7. The van der Waals surface area contributed by atoms with Gasteiger partial charge in [0.15, 0.2) is 5.71 Å². The monoisotopic (exact) mass is 1550 g/mol. The molecular weight excluding hydrogens is 1460 g/mol. The van der Waals surface area contributed by atoms with Crippen molar-refractivity contribution in [3.63, 3.8) is 0 Å². The van der Waals surface area contributed by atoms with E-state index in [1.165, 1.54) is 55.6 Å². The number of ether oxygens (including phenoxy) is 5. The maximum Gasteiger partial charge on any atom is 0.338 e. The van der Waals surface area contributed by atoms with Gasteiger partial charge in [0, 0.05) is 91.1 Å².